The Morgan fingerprint density at radius 1 is 1.36 bits per heavy atom. The quantitative estimate of drug-likeness (QED) is 0.625. The number of likely N-dealkylation sites (N-methyl/N-ethyl adjacent to an activating group) is 1. The highest BCUT2D eigenvalue weighted by atomic mass is 16.5. The van der Waals surface area contributed by atoms with Crippen molar-refractivity contribution in [3.8, 4) is 0 Å². The zero-order chi connectivity index (χ0) is 9.97. The Labute approximate surface area is 83.3 Å². The first kappa shape index (κ1) is 9.21. The Bertz CT molecular complexity index is 323. The smallest absolute Gasteiger partial charge is 0.320 e. The Hall–Kier alpha value is -1.35. The van der Waals surface area contributed by atoms with Crippen molar-refractivity contribution in [2.24, 2.45) is 0 Å². The molecule has 1 atom stereocenters. The van der Waals surface area contributed by atoms with Crippen molar-refractivity contribution >= 4 is 5.97 Å². The van der Waals surface area contributed by atoms with Gasteiger partial charge in [0.25, 0.3) is 0 Å². The van der Waals surface area contributed by atoms with Gasteiger partial charge in [0, 0.05) is 0 Å². The highest BCUT2D eigenvalue weighted by Crippen LogP contribution is 2.22. The standard InChI is InChI=1S/C11H13NO2/c1-12-7-11(13)14-8-10(12)9-5-3-2-4-6-9/h2-6,10H,7-8H2,1H3/t10-/m0/s1. The van der Waals surface area contributed by atoms with Crippen LogP contribution in [0.4, 0.5) is 0 Å². The summed E-state index contributed by atoms with van der Waals surface area (Å²) in [6.45, 7) is 0.832. The third-order valence-electron chi connectivity index (χ3n) is 2.50. The van der Waals surface area contributed by atoms with Crippen LogP contribution in [0.3, 0.4) is 0 Å². The lowest BCUT2D eigenvalue weighted by atomic mass is 10.1. The molecule has 0 N–H and O–H groups in total. The summed E-state index contributed by atoms with van der Waals surface area (Å²) in [6.07, 6.45) is 0. The summed E-state index contributed by atoms with van der Waals surface area (Å²) < 4.78 is 5.03. The van der Waals surface area contributed by atoms with Crippen LogP contribution in [0.5, 0.6) is 0 Å². The van der Waals surface area contributed by atoms with Gasteiger partial charge in [0.05, 0.1) is 12.6 Å². The van der Waals surface area contributed by atoms with Gasteiger partial charge < -0.3 is 4.74 Å². The monoisotopic (exact) mass is 191 g/mol. The molecule has 0 unspecified atom stereocenters. The first-order chi connectivity index (χ1) is 6.77. The maximum absolute atomic E-state index is 11.0. The second-order valence-corrected chi connectivity index (χ2v) is 3.52. The number of carbonyl (C=O) groups is 1. The molecule has 2 rings (SSSR count). The number of rotatable bonds is 1. The number of cyclic esters (lactones) is 1. The molecule has 0 radical (unpaired) electrons. The van der Waals surface area contributed by atoms with Crippen molar-refractivity contribution in [2.45, 2.75) is 6.04 Å². The molecule has 3 heteroatoms. The van der Waals surface area contributed by atoms with Crippen LogP contribution in [0.15, 0.2) is 30.3 Å². The van der Waals surface area contributed by atoms with Gasteiger partial charge in [-0.05, 0) is 12.6 Å². The fourth-order valence-electron chi connectivity index (χ4n) is 1.68. The Morgan fingerprint density at radius 3 is 2.71 bits per heavy atom. The van der Waals surface area contributed by atoms with E-state index in [-0.39, 0.29) is 12.0 Å². The van der Waals surface area contributed by atoms with Gasteiger partial charge in [0.15, 0.2) is 0 Å². The molecule has 0 bridgehead atoms. The normalized spacial score (nSPS) is 23.2. The molecular weight excluding hydrogens is 178 g/mol. The van der Waals surface area contributed by atoms with Crippen molar-refractivity contribution in [3.63, 3.8) is 0 Å². The fraction of sp³-hybridized carbons (Fsp3) is 0.364. The lowest BCUT2D eigenvalue weighted by Crippen LogP contribution is -2.39. The van der Waals surface area contributed by atoms with Crippen molar-refractivity contribution in [1.82, 2.24) is 4.90 Å². The molecule has 0 amide bonds. The van der Waals surface area contributed by atoms with E-state index in [1.165, 1.54) is 5.56 Å². The van der Waals surface area contributed by atoms with E-state index in [2.05, 4.69) is 12.1 Å². The second-order valence-electron chi connectivity index (χ2n) is 3.52. The van der Waals surface area contributed by atoms with Gasteiger partial charge in [-0.25, -0.2) is 0 Å². The fourth-order valence-corrected chi connectivity index (χ4v) is 1.68. The van der Waals surface area contributed by atoms with E-state index in [4.69, 9.17) is 4.74 Å². The predicted molar refractivity (Wildman–Crippen MR) is 52.8 cm³/mol. The maximum atomic E-state index is 11.0. The van der Waals surface area contributed by atoms with Gasteiger partial charge in [-0.15, -0.1) is 0 Å². The summed E-state index contributed by atoms with van der Waals surface area (Å²) in [7, 11) is 1.94. The van der Waals surface area contributed by atoms with Crippen molar-refractivity contribution < 1.29 is 9.53 Å². The SMILES string of the molecule is CN1CC(=O)OC[C@H]1c1ccccc1. The first-order valence-electron chi connectivity index (χ1n) is 4.68. The van der Waals surface area contributed by atoms with E-state index in [1.54, 1.807) is 0 Å². The number of hydrogen-bond donors (Lipinski definition) is 0. The third-order valence-corrected chi connectivity index (χ3v) is 2.50. The van der Waals surface area contributed by atoms with Crippen LogP contribution in [0.2, 0.25) is 0 Å². The zero-order valence-electron chi connectivity index (χ0n) is 8.14. The second kappa shape index (κ2) is 3.80. The maximum Gasteiger partial charge on any atom is 0.320 e. The molecule has 1 aromatic carbocycles. The summed E-state index contributed by atoms with van der Waals surface area (Å²) in [6, 6.07) is 10.3. The molecule has 0 aliphatic carbocycles. The van der Waals surface area contributed by atoms with Crippen LogP contribution in [-0.2, 0) is 9.53 Å². The lowest BCUT2D eigenvalue weighted by molar-refractivity contribution is -0.153. The summed E-state index contributed by atoms with van der Waals surface area (Å²) in [5.41, 5.74) is 1.20. The summed E-state index contributed by atoms with van der Waals surface area (Å²) in [4.78, 5) is 13.0. The molecule has 74 valence electrons. The topological polar surface area (TPSA) is 29.5 Å². The molecule has 1 fully saturated rings. The molecule has 0 saturated carbocycles. The van der Waals surface area contributed by atoms with Gasteiger partial charge >= 0.3 is 5.97 Å². The third kappa shape index (κ3) is 1.77. The molecule has 1 aliphatic rings. The largest absolute Gasteiger partial charge is 0.463 e. The van der Waals surface area contributed by atoms with Gasteiger partial charge in [0.1, 0.15) is 6.61 Å². The highest BCUT2D eigenvalue weighted by Gasteiger charge is 2.25. The Balaban J connectivity index is 2.16. The molecule has 1 aromatic rings. The van der Waals surface area contributed by atoms with E-state index in [0.29, 0.717) is 13.2 Å². The molecule has 3 nitrogen and oxygen atoms in total. The number of morpholine rings is 1. The number of benzene rings is 1. The minimum absolute atomic E-state index is 0.139. The number of hydrogen-bond acceptors (Lipinski definition) is 3. The van der Waals surface area contributed by atoms with Crippen LogP contribution in [0.1, 0.15) is 11.6 Å². The van der Waals surface area contributed by atoms with E-state index in [0.717, 1.165) is 0 Å². The average molecular weight is 191 g/mol. The molecule has 1 heterocycles. The first-order valence-corrected chi connectivity index (χ1v) is 4.68. The zero-order valence-corrected chi connectivity index (χ0v) is 8.14. The van der Waals surface area contributed by atoms with E-state index in [1.807, 2.05) is 30.1 Å². The van der Waals surface area contributed by atoms with Crippen molar-refractivity contribution in [3.05, 3.63) is 35.9 Å². The molecule has 1 aliphatic heterocycles. The van der Waals surface area contributed by atoms with E-state index >= 15 is 0 Å². The van der Waals surface area contributed by atoms with Crippen LogP contribution in [0, 0.1) is 0 Å². The summed E-state index contributed by atoms with van der Waals surface area (Å²) in [5.74, 6) is -0.139. The van der Waals surface area contributed by atoms with Crippen LogP contribution in [-0.4, -0.2) is 31.1 Å². The Morgan fingerprint density at radius 2 is 2.07 bits per heavy atom. The van der Waals surface area contributed by atoms with E-state index in [9.17, 15) is 4.79 Å². The van der Waals surface area contributed by atoms with Gasteiger partial charge in [0.2, 0.25) is 0 Å². The van der Waals surface area contributed by atoms with Crippen molar-refractivity contribution in [1.29, 1.82) is 0 Å². The number of nitrogens with zero attached hydrogens (tertiary/aromatic N) is 1. The minimum Gasteiger partial charge on any atom is -0.463 e. The molecular formula is C11H13NO2. The van der Waals surface area contributed by atoms with Gasteiger partial charge in [-0.3, -0.25) is 9.69 Å². The Kier molecular flexibility index (Phi) is 2.50. The predicted octanol–water partition coefficient (Wildman–Crippen LogP) is 1.22. The lowest BCUT2D eigenvalue weighted by Gasteiger charge is -2.31. The van der Waals surface area contributed by atoms with Crippen LogP contribution >= 0.6 is 0 Å². The minimum atomic E-state index is -0.139. The van der Waals surface area contributed by atoms with Crippen molar-refractivity contribution in [2.75, 3.05) is 20.2 Å². The van der Waals surface area contributed by atoms with Crippen LogP contribution in [0.25, 0.3) is 0 Å². The molecule has 14 heavy (non-hydrogen) atoms. The van der Waals surface area contributed by atoms with Gasteiger partial charge in [-0.2, -0.15) is 0 Å². The number of esters is 1. The molecule has 1 saturated heterocycles. The summed E-state index contributed by atoms with van der Waals surface area (Å²) >= 11 is 0. The highest BCUT2D eigenvalue weighted by molar-refractivity contribution is 5.72. The number of carbonyl (C=O) groups excluding carboxylic acids is 1. The van der Waals surface area contributed by atoms with Crippen LogP contribution < -0.4 is 0 Å². The summed E-state index contributed by atoms with van der Waals surface area (Å²) in [5, 5.41) is 0. The van der Waals surface area contributed by atoms with E-state index < -0.39 is 0 Å². The molecule has 0 aromatic heterocycles. The number of ether oxygens (including phenoxy) is 1. The van der Waals surface area contributed by atoms with Gasteiger partial charge in [-0.1, -0.05) is 30.3 Å². The molecule has 0 spiro atoms. The average Bonchev–Trinajstić information content (AvgIpc) is 2.19.